The Labute approximate surface area is 203 Å². The molecule has 7 nitrogen and oxygen atoms in total. The lowest BCUT2D eigenvalue weighted by atomic mass is 10.1. The van der Waals surface area contributed by atoms with Crippen LogP contribution in [0.2, 0.25) is 0 Å². The van der Waals surface area contributed by atoms with Gasteiger partial charge in [-0.15, -0.1) is 0 Å². The highest BCUT2D eigenvalue weighted by molar-refractivity contribution is 7.92. The van der Waals surface area contributed by atoms with E-state index in [1.165, 1.54) is 28.6 Å². The molecule has 3 aromatic carbocycles. The van der Waals surface area contributed by atoms with Gasteiger partial charge in [0.2, 0.25) is 0 Å². The zero-order chi connectivity index (χ0) is 25.0. The van der Waals surface area contributed by atoms with E-state index in [9.17, 15) is 17.6 Å². The SMILES string of the molecule is CCN(c1ccccc1)S(=O)(=O)c1cccc(C(=O)NCc2ccc(-n3ccnc3C)c(F)c2)c1. The van der Waals surface area contributed by atoms with Crippen molar-refractivity contribution in [3.05, 3.63) is 108 Å². The smallest absolute Gasteiger partial charge is 0.264 e. The first kappa shape index (κ1) is 24.2. The number of nitrogens with zero attached hydrogens (tertiary/aromatic N) is 3. The molecule has 0 saturated heterocycles. The maximum atomic E-state index is 14.6. The van der Waals surface area contributed by atoms with Crippen LogP contribution < -0.4 is 9.62 Å². The Morgan fingerprint density at radius 2 is 1.83 bits per heavy atom. The number of imidazole rings is 1. The standard InChI is InChI=1S/C26H25FN4O3S/c1-3-31(22-9-5-4-6-10-22)35(33,34)23-11-7-8-21(17-23)26(32)29-18-20-12-13-25(24(27)16-20)30-15-14-28-19(30)2/h4-17H,3,18H2,1-2H3,(H,29,32). The van der Waals surface area contributed by atoms with Crippen LogP contribution in [-0.2, 0) is 16.6 Å². The summed E-state index contributed by atoms with van der Waals surface area (Å²) in [6.07, 6.45) is 3.27. The van der Waals surface area contributed by atoms with Gasteiger partial charge in [-0.3, -0.25) is 9.10 Å². The molecule has 0 saturated carbocycles. The van der Waals surface area contributed by atoms with Crippen molar-refractivity contribution in [2.45, 2.75) is 25.3 Å². The molecule has 180 valence electrons. The third-order valence-electron chi connectivity index (χ3n) is 5.57. The average molecular weight is 493 g/mol. The van der Waals surface area contributed by atoms with E-state index in [1.807, 2.05) is 6.07 Å². The van der Waals surface area contributed by atoms with Crippen LogP contribution in [0.25, 0.3) is 5.69 Å². The molecule has 1 heterocycles. The Morgan fingerprint density at radius 1 is 1.06 bits per heavy atom. The molecule has 0 radical (unpaired) electrons. The molecule has 0 aliphatic carbocycles. The Kier molecular flexibility index (Phi) is 6.97. The van der Waals surface area contributed by atoms with Gasteiger partial charge in [0.1, 0.15) is 11.6 Å². The predicted molar refractivity (Wildman–Crippen MR) is 133 cm³/mol. The lowest BCUT2D eigenvalue weighted by Gasteiger charge is -2.23. The van der Waals surface area contributed by atoms with E-state index >= 15 is 0 Å². The van der Waals surface area contributed by atoms with E-state index in [1.54, 1.807) is 73.3 Å². The first-order valence-electron chi connectivity index (χ1n) is 11.1. The monoisotopic (exact) mass is 492 g/mol. The van der Waals surface area contributed by atoms with Crippen LogP contribution in [0.1, 0.15) is 28.7 Å². The molecule has 35 heavy (non-hydrogen) atoms. The zero-order valence-corrected chi connectivity index (χ0v) is 20.2. The number of hydrogen-bond donors (Lipinski definition) is 1. The third kappa shape index (κ3) is 5.09. The number of anilines is 1. The van der Waals surface area contributed by atoms with E-state index in [-0.39, 0.29) is 23.5 Å². The van der Waals surface area contributed by atoms with Gasteiger partial charge in [0, 0.05) is 31.0 Å². The minimum Gasteiger partial charge on any atom is -0.348 e. The number of benzene rings is 3. The molecule has 0 fully saturated rings. The fraction of sp³-hybridized carbons (Fsp3) is 0.154. The number of nitrogens with one attached hydrogen (secondary N) is 1. The number of sulfonamides is 1. The van der Waals surface area contributed by atoms with E-state index in [0.29, 0.717) is 22.8 Å². The molecule has 0 aliphatic heterocycles. The molecule has 4 rings (SSSR count). The highest BCUT2D eigenvalue weighted by Gasteiger charge is 2.24. The lowest BCUT2D eigenvalue weighted by molar-refractivity contribution is 0.0950. The number of para-hydroxylation sites is 1. The Morgan fingerprint density at radius 3 is 2.49 bits per heavy atom. The van der Waals surface area contributed by atoms with Crippen molar-refractivity contribution in [1.29, 1.82) is 0 Å². The van der Waals surface area contributed by atoms with Crippen molar-refractivity contribution in [3.63, 3.8) is 0 Å². The van der Waals surface area contributed by atoms with Gasteiger partial charge in [-0.1, -0.05) is 30.3 Å². The highest BCUT2D eigenvalue weighted by Crippen LogP contribution is 2.24. The third-order valence-corrected chi connectivity index (χ3v) is 7.47. The topological polar surface area (TPSA) is 84.3 Å². The van der Waals surface area contributed by atoms with Crippen molar-refractivity contribution in [2.75, 3.05) is 10.8 Å². The summed E-state index contributed by atoms with van der Waals surface area (Å²) in [4.78, 5) is 16.9. The highest BCUT2D eigenvalue weighted by atomic mass is 32.2. The van der Waals surface area contributed by atoms with Crippen LogP contribution in [0.15, 0.2) is 90.1 Å². The van der Waals surface area contributed by atoms with Gasteiger partial charge >= 0.3 is 0 Å². The largest absolute Gasteiger partial charge is 0.348 e. The quantitative estimate of drug-likeness (QED) is 0.394. The Hall–Kier alpha value is -3.98. The molecule has 1 aromatic heterocycles. The number of amides is 1. The zero-order valence-electron chi connectivity index (χ0n) is 19.3. The summed E-state index contributed by atoms with van der Waals surface area (Å²) in [6, 6.07) is 19.4. The van der Waals surface area contributed by atoms with Crippen molar-refractivity contribution in [2.24, 2.45) is 0 Å². The van der Waals surface area contributed by atoms with Crippen molar-refractivity contribution < 1.29 is 17.6 Å². The molecule has 1 amide bonds. The van der Waals surface area contributed by atoms with Crippen molar-refractivity contribution in [1.82, 2.24) is 14.9 Å². The second kappa shape index (κ2) is 10.1. The molecule has 0 bridgehead atoms. The molecule has 0 atom stereocenters. The molecule has 1 N–H and O–H groups in total. The van der Waals surface area contributed by atoms with Gasteiger partial charge in [-0.25, -0.2) is 17.8 Å². The number of carbonyl (C=O) groups excluding carboxylic acids is 1. The minimum atomic E-state index is -3.87. The fourth-order valence-electron chi connectivity index (χ4n) is 3.78. The van der Waals surface area contributed by atoms with Crippen LogP contribution in [0.3, 0.4) is 0 Å². The molecule has 4 aromatic rings. The Balaban J connectivity index is 1.49. The van der Waals surface area contributed by atoms with Crippen molar-refractivity contribution in [3.8, 4) is 5.69 Å². The van der Waals surface area contributed by atoms with Gasteiger partial charge in [0.15, 0.2) is 0 Å². The summed E-state index contributed by atoms with van der Waals surface area (Å²) < 4.78 is 44.1. The number of rotatable bonds is 8. The summed E-state index contributed by atoms with van der Waals surface area (Å²) in [7, 11) is -3.87. The normalized spacial score (nSPS) is 11.3. The van der Waals surface area contributed by atoms with Crippen LogP contribution >= 0.6 is 0 Å². The van der Waals surface area contributed by atoms with E-state index in [2.05, 4.69) is 10.3 Å². The summed E-state index contributed by atoms with van der Waals surface area (Å²) in [6.45, 7) is 3.85. The van der Waals surface area contributed by atoms with E-state index < -0.39 is 21.7 Å². The van der Waals surface area contributed by atoms with Gasteiger partial charge in [-0.05, 0) is 61.9 Å². The summed E-state index contributed by atoms with van der Waals surface area (Å²) in [5.74, 6) is -0.236. The maximum Gasteiger partial charge on any atom is 0.264 e. The summed E-state index contributed by atoms with van der Waals surface area (Å²) in [5.41, 5.74) is 1.68. The molecule has 9 heteroatoms. The predicted octanol–water partition coefficient (Wildman–Crippen LogP) is 4.47. The van der Waals surface area contributed by atoms with Gasteiger partial charge < -0.3 is 9.88 Å². The molecule has 0 unspecified atom stereocenters. The van der Waals surface area contributed by atoms with Crippen LogP contribution in [0.5, 0.6) is 0 Å². The van der Waals surface area contributed by atoms with Crippen LogP contribution in [-0.4, -0.2) is 30.4 Å². The lowest BCUT2D eigenvalue weighted by Crippen LogP contribution is -2.31. The average Bonchev–Trinajstić information content (AvgIpc) is 3.29. The maximum absolute atomic E-state index is 14.6. The van der Waals surface area contributed by atoms with Crippen LogP contribution in [0, 0.1) is 12.7 Å². The number of hydrogen-bond acceptors (Lipinski definition) is 4. The molecule has 0 spiro atoms. The molecular weight excluding hydrogens is 467 g/mol. The van der Waals surface area contributed by atoms with Gasteiger partial charge in [0.05, 0.1) is 16.3 Å². The second-order valence-electron chi connectivity index (χ2n) is 7.85. The minimum absolute atomic E-state index is 0.0157. The first-order chi connectivity index (χ1) is 16.8. The Bertz CT molecular complexity index is 1450. The van der Waals surface area contributed by atoms with Gasteiger partial charge in [0.25, 0.3) is 15.9 Å². The van der Waals surface area contributed by atoms with E-state index in [4.69, 9.17) is 0 Å². The first-order valence-corrected chi connectivity index (χ1v) is 12.5. The number of aromatic nitrogens is 2. The fourth-order valence-corrected chi connectivity index (χ4v) is 5.30. The molecular formula is C26H25FN4O3S. The second-order valence-corrected chi connectivity index (χ2v) is 9.71. The summed E-state index contributed by atoms with van der Waals surface area (Å²) in [5, 5.41) is 2.73. The van der Waals surface area contributed by atoms with Crippen molar-refractivity contribution >= 4 is 21.6 Å². The van der Waals surface area contributed by atoms with Crippen LogP contribution in [0.4, 0.5) is 10.1 Å². The number of carbonyl (C=O) groups is 1. The number of halogens is 1. The molecule has 0 aliphatic rings. The van der Waals surface area contributed by atoms with Gasteiger partial charge in [-0.2, -0.15) is 0 Å². The van der Waals surface area contributed by atoms with E-state index in [0.717, 1.165) is 0 Å². The summed E-state index contributed by atoms with van der Waals surface area (Å²) >= 11 is 0. The number of aryl methyl sites for hydroxylation is 1.